The highest BCUT2D eigenvalue weighted by atomic mass is 16.8. The summed E-state index contributed by atoms with van der Waals surface area (Å²) in [6.45, 7) is 0. The fraction of sp³-hybridized carbons (Fsp3) is 0.368. The molecule has 1 N–H and O–H groups in total. The van der Waals surface area contributed by atoms with Gasteiger partial charge in [-0.3, -0.25) is 0 Å². The minimum atomic E-state index is -1.67. The molecule has 0 bridgehead atoms. The first-order chi connectivity index (χ1) is 12.6. The second-order valence-electron chi connectivity index (χ2n) is 5.36. The third kappa shape index (κ3) is 3.53. The largest absolute Gasteiger partial charge is 0.496 e. The number of para-hydroxylation sites is 2. The second-order valence-corrected chi connectivity index (χ2v) is 5.36. The van der Waals surface area contributed by atoms with Crippen LogP contribution in [0.25, 0.3) is 0 Å². The quantitative estimate of drug-likeness (QED) is 0.542. The second kappa shape index (κ2) is 8.98. The smallest absolute Gasteiger partial charge is 0.286 e. The Bertz CT molecular complexity index is 704. The summed E-state index contributed by atoms with van der Waals surface area (Å²) >= 11 is 0. The maximum absolute atomic E-state index is 11.1. The average molecular weight is 363 g/mol. The normalized spacial score (nSPS) is 12.9. The van der Waals surface area contributed by atoms with Crippen LogP contribution in [0.5, 0.6) is 11.5 Å². The van der Waals surface area contributed by atoms with Gasteiger partial charge in [0.25, 0.3) is 5.91 Å². The predicted molar refractivity (Wildman–Crippen MR) is 95.1 cm³/mol. The SMILES string of the molecule is COc1ccccc1C(OC)N(O)C(OC)(OC)c1ccccc1OC. The Morgan fingerprint density at radius 1 is 0.808 bits per heavy atom. The van der Waals surface area contributed by atoms with Gasteiger partial charge in [0.15, 0.2) is 6.23 Å². The molecule has 0 saturated heterocycles. The lowest BCUT2D eigenvalue weighted by Crippen LogP contribution is -2.49. The van der Waals surface area contributed by atoms with E-state index in [-0.39, 0.29) is 0 Å². The molecule has 0 heterocycles. The fourth-order valence-corrected chi connectivity index (χ4v) is 2.90. The Kier molecular flexibility index (Phi) is 6.96. The molecule has 0 spiro atoms. The van der Waals surface area contributed by atoms with E-state index in [1.54, 1.807) is 37.4 Å². The van der Waals surface area contributed by atoms with Gasteiger partial charge in [0.05, 0.1) is 19.8 Å². The molecule has 0 fully saturated rings. The van der Waals surface area contributed by atoms with Crippen LogP contribution >= 0.6 is 0 Å². The van der Waals surface area contributed by atoms with E-state index in [1.165, 1.54) is 28.4 Å². The van der Waals surface area contributed by atoms with E-state index in [1.807, 2.05) is 18.2 Å². The van der Waals surface area contributed by atoms with Crippen molar-refractivity contribution in [2.75, 3.05) is 35.5 Å². The molecule has 0 aliphatic carbocycles. The fourth-order valence-electron chi connectivity index (χ4n) is 2.90. The van der Waals surface area contributed by atoms with E-state index in [2.05, 4.69) is 0 Å². The maximum Gasteiger partial charge on any atom is 0.286 e. The van der Waals surface area contributed by atoms with Crippen LogP contribution in [0.3, 0.4) is 0 Å². The van der Waals surface area contributed by atoms with Crippen LogP contribution in [0.2, 0.25) is 0 Å². The van der Waals surface area contributed by atoms with Gasteiger partial charge in [-0.05, 0) is 18.2 Å². The van der Waals surface area contributed by atoms with Crippen LogP contribution < -0.4 is 9.47 Å². The summed E-state index contributed by atoms with van der Waals surface area (Å²) < 4.78 is 27.5. The van der Waals surface area contributed by atoms with Gasteiger partial charge in [0, 0.05) is 26.9 Å². The molecule has 0 aliphatic heterocycles. The van der Waals surface area contributed by atoms with Crippen molar-refractivity contribution in [3.63, 3.8) is 0 Å². The van der Waals surface area contributed by atoms with Crippen molar-refractivity contribution in [3.8, 4) is 11.5 Å². The molecule has 0 aliphatic rings. The molecule has 2 aromatic rings. The minimum absolute atomic E-state index is 0.479. The summed E-state index contributed by atoms with van der Waals surface area (Å²) in [7, 11) is 7.40. The Labute approximate surface area is 153 Å². The van der Waals surface area contributed by atoms with E-state index >= 15 is 0 Å². The van der Waals surface area contributed by atoms with Crippen molar-refractivity contribution in [2.45, 2.75) is 12.1 Å². The first kappa shape index (κ1) is 20.2. The van der Waals surface area contributed by atoms with Crippen molar-refractivity contribution in [2.24, 2.45) is 0 Å². The lowest BCUT2D eigenvalue weighted by atomic mass is 10.1. The summed E-state index contributed by atoms with van der Waals surface area (Å²) in [5.74, 6) is -0.627. The third-order valence-corrected chi connectivity index (χ3v) is 4.15. The third-order valence-electron chi connectivity index (χ3n) is 4.15. The number of hydrogen-bond acceptors (Lipinski definition) is 7. The van der Waals surface area contributed by atoms with Crippen LogP contribution in [-0.2, 0) is 20.1 Å². The molecule has 142 valence electrons. The topological polar surface area (TPSA) is 69.6 Å². The number of rotatable bonds is 9. The molecule has 0 amide bonds. The van der Waals surface area contributed by atoms with E-state index in [0.29, 0.717) is 22.6 Å². The Morgan fingerprint density at radius 2 is 1.35 bits per heavy atom. The van der Waals surface area contributed by atoms with Gasteiger partial charge in [0.2, 0.25) is 0 Å². The molecule has 1 unspecified atom stereocenters. The predicted octanol–water partition coefficient (Wildman–Crippen LogP) is 3.14. The van der Waals surface area contributed by atoms with Gasteiger partial charge < -0.3 is 28.9 Å². The molecule has 2 aromatic carbocycles. The number of methoxy groups -OCH3 is 5. The van der Waals surface area contributed by atoms with Gasteiger partial charge in [-0.25, -0.2) is 0 Å². The van der Waals surface area contributed by atoms with Crippen molar-refractivity contribution < 1.29 is 28.9 Å². The van der Waals surface area contributed by atoms with E-state index in [4.69, 9.17) is 23.7 Å². The lowest BCUT2D eigenvalue weighted by molar-refractivity contribution is -0.429. The van der Waals surface area contributed by atoms with Crippen LogP contribution in [-0.4, -0.2) is 45.8 Å². The Hall–Kier alpha value is -2.16. The number of hydroxylamine groups is 2. The van der Waals surface area contributed by atoms with Gasteiger partial charge in [0.1, 0.15) is 11.5 Å². The summed E-state index contributed by atoms with van der Waals surface area (Å²) in [5, 5.41) is 12.0. The molecule has 7 nitrogen and oxygen atoms in total. The lowest BCUT2D eigenvalue weighted by Gasteiger charge is -2.41. The van der Waals surface area contributed by atoms with Gasteiger partial charge in [-0.1, -0.05) is 35.4 Å². The Morgan fingerprint density at radius 3 is 1.88 bits per heavy atom. The number of hydrogen-bond donors (Lipinski definition) is 1. The maximum atomic E-state index is 11.1. The minimum Gasteiger partial charge on any atom is -0.496 e. The van der Waals surface area contributed by atoms with Crippen LogP contribution in [0.4, 0.5) is 0 Å². The van der Waals surface area contributed by atoms with Gasteiger partial charge in [-0.2, -0.15) is 0 Å². The average Bonchev–Trinajstić information content (AvgIpc) is 2.70. The summed E-state index contributed by atoms with van der Waals surface area (Å²) in [4.78, 5) is 0. The monoisotopic (exact) mass is 363 g/mol. The highest BCUT2D eigenvalue weighted by Gasteiger charge is 2.46. The highest BCUT2D eigenvalue weighted by molar-refractivity contribution is 5.38. The molecular formula is C19H25NO6. The standard InChI is InChI=1S/C19H25NO6/c1-22-16-12-8-6-10-14(16)18(24-3)20(21)19(25-4,26-5)15-11-7-9-13-17(15)23-2/h6-13,18,21H,1-5H3. The molecule has 1 atom stereocenters. The molecule has 7 heteroatoms. The zero-order chi connectivity index (χ0) is 19.2. The number of benzene rings is 2. The van der Waals surface area contributed by atoms with Crippen molar-refractivity contribution in [3.05, 3.63) is 59.7 Å². The highest BCUT2D eigenvalue weighted by Crippen LogP contribution is 2.41. The zero-order valence-corrected chi connectivity index (χ0v) is 15.6. The van der Waals surface area contributed by atoms with Crippen molar-refractivity contribution in [1.82, 2.24) is 5.06 Å². The summed E-state index contributed by atoms with van der Waals surface area (Å²) in [6, 6.07) is 14.3. The van der Waals surface area contributed by atoms with Crippen LogP contribution in [0.1, 0.15) is 17.4 Å². The van der Waals surface area contributed by atoms with Gasteiger partial charge in [-0.15, -0.1) is 0 Å². The van der Waals surface area contributed by atoms with E-state index in [9.17, 15) is 5.21 Å². The first-order valence-electron chi connectivity index (χ1n) is 7.97. The molecular weight excluding hydrogens is 338 g/mol. The van der Waals surface area contributed by atoms with Crippen molar-refractivity contribution in [1.29, 1.82) is 0 Å². The molecule has 26 heavy (non-hydrogen) atoms. The van der Waals surface area contributed by atoms with Crippen LogP contribution in [0, 0.1) is 0 Å². The van der Waals surface area contributed by atoms with E-state index < -0.39 is 12.1 Å². The molecule has 2 rings (SSSR count). The van der Waals surface area contributed by atoms with E-state index in [0.717, 1.165) is 5.06 Å². The number of nitrogens with zero attached hydrogens (tertiary/aromatic N) is 1. The number of ether oxygens (including phenoxy) is 5. The van der Waals surface area contributed by atoms with Gasteiger partial charge >= 0.3 is 0 Å². The molecule has 0 radical (unpaired) electrons. The summed E-state index contributed by atoms with van der Waals surface area (Å²) in [6.07, 6.45) is -0.934. The van der Waals surface area contributed by atoms with Crippen molar-refractivity contribution >= 4 is 0 Å². The summed E-state index contributed by atoms with van der Waals surface area (Å²) in [5.41, 5.74) is 1.08. The zero-order valence-electron chi connectivity index (χ0n) is 15.6. The Balaban J connectivity index is 2.57. The molecule has 0 aromatic heterocycles. The first-order valence-corrected chi connectivity index (χ1v) is 7.97. The van der Waals surface area contributed by atoms with Crippen LogP contribution in [0.15, 0.2) is 48.5 Å². The molecule has 0 saturated carbocycles.